The Morgan fingerprint density at radius 1 is 1.29 bits per heavy atom. The van der Waals surface area contributed by atoms with Crippen LogP contribution in [0.1, 0.15) is 32.3 Å². The van der Waals surface area contributed by atoms with Gasteiger partial charge < -0.3 is 4.90 Å². The Kier molecular flexibility index (Phi) is 6.07. The summed E-state index contributed by atoms with van der Waals surface area (Å²) < 4.78 is 0. The minimum absolute atomic E-state index is 0.158. The molecule has 1 aromatic rings. The molecule has 1 atom stereocenters. The maximum absolute atomic E-state index is 12.5. The summed E-state index contributed by atoms with van der Waals surface area (Å²) in [5.41, 5.74) is 1.26. The van der Waals surface area contributed by atoms with Gasteiger partial charge in [-0.15, -0.1) is 0 Å². The van der Waals surface area contributed by atoms with E-state index in [0.717, 1.165) is 50.6 Å². The van der Waals surface area contributed by atoms with Gasteiger partial charge in [0.15, 0.2) is 0 Å². The van der Waals surface area contributed by atoms with Crippen LogP contribution in [0.15, 0.2) is 24.3 Å². The van der Waals surface area contributed by atoms with Crippen molar-refractivity contribution in [1.29, 1.82) is 0 Å². The van der Waals surface area contributed by atoms with Gasteiger partial charge in [0, 0.05) is 31.2 Å². The Labute approximate surface area is 132 Å². The lowest BCUT2D eigenvalue weighted by atomic mass is 9.96. The van der Waals surface area contributed by atoms with Gasteiger partial charge in [-0.05, 0) is 50.9 Å². The van der Waals surface area contributed by atoms with Crippen molar-refractivity contribution in [2.24, 2.45) is 5.92 Å². The highest BCUT2D eigenvalue weighted by molar-refractivity contribution is 6.30. The summed E-state index contributed by atoms with van der Waals surface area (Å²) in [7, 11) is 0. The van der Waals surface area contributed by atoms with Gasteiger partial charge in [0.25, 0.3) is 0 Å². The van der Waals surface area contributed by atoms with Crippen molar-refractivity contribution in [3.63, 3.8) is 0 Å². The van der Waals surface area contributed by atoms with Crippen LogP contribution >= 0.6 is 11.6 Å². The topological polar surface area (TPSA) is 23.6 Å². The van der Waals surface area contributed by atoms with Crippen LogP contribution in [0.25, 0.3) is 0 Å². The van der Waals surface area contributed by atoms with Gasteiger partial charge in [0.05, 0.1) is 5.92 Å². The summed E-state index contributed by atoms with van der Waals surface area (Å²) in [4.78, 5) is 16.8. The first-order valence-corrected chi connectivity index (χ1v) is 8.27. The first-order valence-electron chi connectivity index (χ1n) is 7.89. The molecule has 116 valence electrons. The molecular formula is C17H25ClN2O. The maximum Gasteiger partial charge on any atom is 0.226 e. The number of benzene rings is 1. The molecule has 0 N–H and O–H groups in total. The van der Waals surface area contributed by atoms with Crippen molar-refractivity contribution in [3.05, 3.63) is 34.9 Å². The Morgan fingerprint density at radius 2 is 1.95 bits per heavy atom. The predicted molar refractivity (Wildman–Crippen MR) is 87.4 cm³/mol. The molecule has 1 amide bonds. The van der Waals surface area contributed by atoms with E-state index in [1.807, 2.05) is 17.0 Å². The van der Waals surface area contributed by atoms with Crippen molar-refractivity contribution in [1.82, 2.24) is 9.80 Å². The number of amides is 1. The van der Waals surface area contributed by atoms with Crippen molar-refractivity contribution >= 4 is 17.5 Å². The number of likely N-dealkylation sites (tertiary alicyclic amines) is 1. The highest BCUT2D eigenvalue weighted by Crippen LogP contribution is 2.21. The SMILES string of the molecule is CCN(CC)C(=O)[C@H]1CCCN(Cc2ccc(Cl)cc2)C1. The van der Waals surface area contributed by atoms with Crippen LogP contribution in [0.3, 0.4) is 0 Å². The molecule has 1 aliphatic rings. The largest absolute Gasteiger partial charge is 0.343 e. The first-order chi connectivity index (χ1) is 10.1. The van der Waals surface area contributed by atoms with Gasteiger partial charge in [-0.25, -0.2) is 0 Å². The van der Waals surface area contributed by atoms with Crippen molar-refractivity contribution in [2.75, 3.05) is 26.2 Å². The molecule has 2 rings (SSSR count). The highest BCUT2D eigenvalue weighted by atomic mass is 35.5. The van der Waals surface area contributed by atoms with Gasteiger partial charge in [-0.2, -0.15) is 0 Å². The zero-order valence-electron chi connectivity index (χ0n) is 13.0. The van der Waals surface area contributed by atoms with Gasteiger partial charge in [0.2, 0.25) is 5.91 Å². The second-order valence-corrected chi connectivity index (χ2v) is 6.15. The zero-order valence-corrected chi connectivity index (χ0v) is 13.8. The lowest BCUT2D eigenvalue weighted by molar-refractivity contribution is -0.137. The van der Waals surface area contributed by atoms with Gasteiger partial charge in [0.1, 0.15) is 0 Å². The fourth-order valence-corrected chi connectivity index (χ4v) is 3.17. The number of carbonyl (C=O) groups is 1. The number of hydrogen-bond donors (Lipinski definition) is 0. The average Bonchev–Trinajstić information content (AvgIpc) is 2.51. The molecule has 0 unspecified atom stereocenters. The second kappa shape index (κ2) is 7.81. The molecule has 0 aromatic heterocycles. The quantitative estimate of drug-likeness (QED) is 0.832. The molecule has 1 fully saturated rings. The van der Waals surface area contributed by atoms with E-state index in [4.69, 9.17) is 11.6 Å². The van der Waals surface area contributed by atoms with E-state index in [9.17, 15) is 4.79 Å². The van der Waals surface area contributed by atoms with Crippen LogP contribution in [-0.4, -0.2) is 41.9 Å². The molecular weight excluding hydrogens is 284 g/mol. The fourth-order valence-electron chi connectivity index (χ4n) is 3.04. The van der Waals surface area contributed by atoms with E-state index in [-0.39, 0.29) is 5.92 Å². The van der Waals surface area contributed by atoms with Crippen molar-refractivity contribution in [2.45, 2.75) is 33.2 Å². The number of piperidine rings is 1. The average molecular weight is 309 g/mol. The second-order valence-electron chi connectivity index (χ2n) is 5.71. The lowest BCUT2D eigenvalue weighted by Gasteiger charge is -2.34. The van der Waals surface area contributed by atoms with E-state index in [1.165, 1.54) is 5.56 Å². The molecule has 0 aliphatic carbocycles. The van der Waals surface area contributed by atoms with Crippen LogP contribution in [0, 0.1) is 5.92 Å². The van der Waals surface area contributed by atoms with Crippen LogP contribution in [0.2, 0.25) is 5.02 Å². The van der Waals surface area contributed by atoms with Gasteiger partial charge in [-0.1, -0.05) is 23.7 Å². The summed E-state index contributed by atoms with van der Waals surface area (Å²) in [6.07, 6.45) is 2.12. The number of carbonyl (C=O) groups excluding carboxylic acids is 1. The predicted octanol–water partition coefficient (Wildman–Crippen LogP) is 3.42. The fraction of sp³-hybridized carbons (Fsp3) is 0.588. The molecule has 1 saturated heterocycles. The molecule has 4 heteroatoms. The van der Waals surface area contributed by atoms with Crippen LogP contribution in [0.4, 0.5) is 0 Å². The Bertz CT molecular complexity index is 456. The molecule has 1 aliphatic heterocycles. The third-order valence-corrected chi connectivity index (χ3v) is 4.50. The summed E-state index contributed by atoms with van der Waals surface area (Å²) in [6.45, 7) is 8.57. The molecule has 0 radical (unpaired) electrons. The normalized spacial score (nSPS) is 19.5. The standard InChI is InChI=1S/C17H25ClN2O/c1-3-20(4-2)17(21)15-6-5-11-19(13-15)12-14-7-9-16(18)10-8-14/h7-10,15H,3-6,11-13H2,1-2H3/t15-/m0/s1. The third-order valence-electron chi connectivity index (χ3n) is 4.25. The minimum Gasteiger partial charge on any atom is -0.343 e. The summed E-state index contributed by atoms with van der Waals surface area (Å²) in [5, 5.41) is 0.770. The Hall–Kier alpha value is -1.06. The number of rotatable bonds is 5. The number of nitrogens with zero attached hydrogens (tertiary/aromatic N) is 2. The Balaban J connectivity index is 1.94. The summed E-state index contributed by atoms with van der Waals surface area (Å²) in [5.74, 6) is 0.478. The van der Waals surface area contributed by atoms with Crippen LogP contribution < -0.4 is 0 Å². The van der Waals surface area contributed by atoms with Crippen molar-refractivity contribution < 1.29 is 4.79 Å². The van der Waals surface area contributed by atoms with E-state index in [2.05, 4.69) is 30.9 Å². The number of halogens is 1. The van der Waals surface area contributed by atoms with Gasteiger partial charge >= 0.3 is 0 Å². The van der Waals surface area contributed by atoms with Crippen LogP contribution in [-0.2, 0) is 11.3 Å². The lowest BCUT2D eigenvalue weighted by Crippen LogP contribution is -2.44. The molecule has 1 heterocycles. The van der Waals surface area contributed by atoms with E-state index in [0.29, 0.717) is 5.91 Å². The van der Waals surface area contributed by atoms with Crippen molar-refractivity contribution in [3.8, 4) is 0 Å². The third kappa shape index (κ3) is 4.45. The van der Waals surface area contributed by atoms with Gasteiger partial charge in [-0.3, -0.25) is 9.69 Å². The summed E-state index contributed by atoms with van der Waals surface area (Å²) in [6, 6.07) is 8.00. The molecule has 0 bridgehead atoms. The van der Waals surface area contributed by atoms with E-state index >= 15 is 0 Å². The molecule has 0 saturated carbocycles. The smallest absolute Gasteiger partial charge is 0.226 e. The summed E-state index contributed by atoms with van der Waals surface area (Å²) >= 11 is 5.92. The minimum atomic E-state index is 0.158. The molecule has 21 heavy (non-hydrogen) atoms. The van der Waals surface area contributed by atoms with Crippen LogP contribution in [0.5, 0.6) is 0 Å². The monoisotopic (exact) mass is 308 g/mol. The molecule has 1 aromatic carbocycles. The molecule has 0 spiro atoms. The highest BCUT2D eigenvalue weighted by Gasteiger charge is 2.28. The zero-order chi connectivity index (χ0) is 15.2. The molecule has 3 nitrogen and oxygen atoms in total. The Morgan fingerprint density at radius 3 is 2.57 bits per heavy atom. The van der Waals surface area contributed by atoms with E-state index < -0.39 is 0 Å². The van der Waals surface area contributed by atoms with E-state index in [1.54, 1.807) is 0 Å². The number of hydrogen-bond acceptors (Lipinski definition) is 2. The first kappa shape index (κ1) is 16.3. The maximum atomic E-state index is 12.5.